The molecule has 1 fully saturated rings. The summed E-state index contributed by atoms with van der Waals surface area (Å²) in [4.78, 5) is 5.92. The Labute approximate surface area is 87.3 Å². The molecule has 0 amide bonds. The third-order valence-electron chi connectivity index (χ3n) is 2.44. The first kappa shape index (κ1) is 10.3. The van der Waals surface area contributed by atoms with Gasteiger partial charge in [0.25, 0.3) is 0 Å². The van der Waals surface area contributed by atoms with Crippen LogP contribution in [0.4, 0.5) is 10.2 Å². The Morgan fingerprint density at radius 3 is 3.13 bits per heavy atom. The monoisotopic (exact) mass is 212 g/mol. The van der Waals surface area contributed by atoms with Crippen LogP contribution in [0.15, 0.2) is 18.3 Å². The Kier molecular flexibility index (Phi) is 3.13. The predicted octanol–water partition coefficient (Wildman–Crippen LogP) is 0.418. The lowest BCUT2D eigenvalue weighted by Gasteiger charge is -2.35. The lowest BCUT2D eigenvalue weighted by molar-refractivity contribution is 0.0723. The highest BCUT2D eigenvalue weighted by Gasteiger charge is 2.23. The molecule has 15 heavy (non-hydrogen) atoms. The van der Waals surface area contributed by atoms with E-state index >= 15 is 0 Å². The molecular weight excluding hydrogens is 199 g/mol. The molecule has 2 heterocycles. The first-order valence-electron chi connectivity index (χ1n) is 4.88. The molecule has 1 aliphatic rings. The van der Waals surface area contributed by atoms with Crippen molar-refractivity contribution < 1.29 is 14.2 Å². The molecule has 1 unspecified atom stereocenters. The first-order valence-corrected chi connectivity index (χ1v) is 4.88. The second-order valence-corrected chi connectivity index (χ2v) is 3.44. The van der Waals surface area contributed by atoms with Gasteiger partial charge in [-0.25, -0.2) is 9.37 Å². The summed E-state index contributed by atoms with van der Waals surface area (Å²) < 4.78 is 17.9. The van der Waals surface area contributed by atoms with Crippen molar-refractivity contribution in [3.8, 4) is 0 Å². The topological polar surface area (TPSA) is 45.6 Å². The van der Waals surface area contributed by atoms with Gasteiger partial charge in [-0.3, -0.25) is 0 Å². The van der Waals surface area contributed by atoms with E-state index in [9.17, 15) is 4.39 Å². The maximum atomic E-state index is 12.7. The van der Waals surface area contributed by atoms with E-state index in [0.29, 0.717) is 25.6 Å². The number of ether oxygens (including phenoxy) is 1. The third kappa shape index (κ3) is 2.24. The summed E-state index contributed by atoms with van der Waals surface area (Å²) in [7, 11) is 0. The van der Waals surface area contributed by atoms with Crippen LogP contribution >= 0.6 is 0 Å². The smallest absolute Gasteiger partial charge is 0.141 e. The van der Waals surface area contributed by atoms with Gasteiger partial charge in [0.05, 0.1) is 32.1 Å². The molecule has 1 atom stereocenters. The number of anilines is 1. The molecule has 0 radical (unpaired) electrons. The quantitative estimate of drug-likeness (QED) is 0.771. The summed E-state index contributed by atoms with van der Waals surface area (Å²) in [6, 6.07) is 2.90. The number of morpholine rings is 1. The maximum Gasteiger partial charge on any atom is 0.141 e. The van der Waals surface area contributed by atoms with Crippen molar-refractivity contribution in [2.45, 2.75) is 6.04 Å². The van der Waals surface area contributed by atoms with Gasteiger partial charge < -0.3 is 14.7 Å². The molecule has 2 rings (SSSR count). The van der Waals surface area contributed by atoms with Crippen molar-refractivity contribution in [2.75, 3.05) is 31.3 Å². The van der Waals surface area contributed by atoms with Gasteiger partial charge in [0, 0.05) is 6.54 Å². The van der Waals surface area contributed by atoms with Gasteiger partial charge in [-0.15, -0.1) is 0 Å². The summed E-state index contributed by atoms with van der Waals surface area (Å²) in [5.74, 6) is 0.325. The zero-order valence-corrected chi connectivity index (χ0v) is 8.27. The molecular formula is C10H13FN2O2. The average Bonchev–Trinajstić information content (AvgIpc) is 2.30. The minimum Gasteiger partial charge on any atom is -0.394 e. The van der Waals surface area contributed by atoms with Crippen LogP contribution in [0.2, 0.25) is 0 Å². The number of rotatable bonds is 2. The van der Waals surface area contributed by atoms with Crippen LogP contribution in [0.3, 0.4) is 0 Å². The van der Waals surface area contributed by atoms with Crippen molar-refractivity contribution >= 4 is 5.82 Å². The second kappa shape index (κ2) is 4.55. The van der Waals surface area contributed by atoms with E-state index < -0.39 is 0 Å². The summed E-state index contributed by atoms with van der Waals surface area (Å²) in [5.41, 5.74) is 0. The van der Waals surface area contributed by atoms with Crippen molar-refractivity contribution in [3.63, 3.8) is 0 Å². The number of aliphatic hydroxyl groups is 1. The van der Waals surface area contributed by atoms with Crippen LogP contribution in [0.1, 0.15) is 0 Å². The molecule has 0 bridgehead atoms. The second-order valence-electron chi connectivity index (χ2n) is 3.44. The minimum atomic E-state index is -0.354. The largest absolute Gasteiger partial charge is 0.394 e. The first-order chi connectivity index (χ1) is 7.31. The van der Waals surface area contributed by atoms with Crippen LogP contribution in [-0.2, 0) is 4.74 Å². The zero-order valence-electron chi connectivity index (χ0n) is 8.27. The summed E-state index contributed by atoms with van der Waals surface area (Å²) in [6.45, 7) is 1.77. The zero-order chi connectivity index (χ0) is 10.7. The molecule has 0 saturated carbocycles. The number of hydrogen-bond donors (Lipinski definition) is 1. The van der Waals surface area contributed by atoms with E-state index in [1.807, 2.05) is 4.90 Å². The van der Waals surface area contributed by atoms with Crippen LogP contribution in [0.25, 0.3) is 0 Å². The van der Waals surface area contributed by atoms with Gasteiger partial charge in [-0.2, -0.15) is 0 Å². The van der Waals surface area contributed by atoms with Gasteiger partial charge >= 0.3 is 0 Å². The SMILES string of the molecule is OCC1COCCN1c1ccc(F)cn1. The Morgan fingerprint density at radius 1 is 1.60 bits per heavy atom. The standard InChI is InChI=1S/C10H13FN2O2/c11-8-1-2-10(12-5-8)13-3-4-15-7-9(13)6-14/h1-2,5,9,14H,3-4,6-7H2. The van der Waals surface area contributed by atoms with Crippen LogP contribution < -0.4 is 4.90 Å². The molecule has 5 heteroatoms. The van der Waals surface area contributed by atoms with Crippen LogP contribution in [-0.4, -0.2) is 42.5 Å². The highest BCUT2D eigenvalue weighted by Crippen LogP contribution is 2.16. The maximum absolute atomic E-state index is 12.7. The average molecular weight is 212 g/mol. The Hall–Kier alpha value is -1.20. The predicted molar refractivity (Wildman–Crippen MR) is 53.2 cm³/mol. The highest BCUT2D eigenvalue weighted by molar-refractivity contribution is 5.39. The van der Waals surface area contributed by atoms with Crippen molar-refractivity contribution in [1.29, 1.82) is 0 Å². The van der Waals surface area contributed by atoms with E-state index in [0.717, 1.165) is 0 Å². The van der Waals surface area contributed by atoms with E-state index in [2.05, 4.69) is 4.98 Å². The molecule has 1 aromatic heterocycles. The number of pyridine rings is 1. The van der Waals surface area contributed by atoms with Gasteiger partial charge in [-0.1, -0.05) is 0 Å². The summed E-state index contributed by atoms with van der Waals surface area (Å²) in [5, 5.41) is 9.15. The fourth-order valence-corrected chi connectivity index (χ4v) is 1.65. The fourth-order valence-electron chi connectivity index (χ4n) is 1.65. The van der Waals surface area contributed by atoms with E-state index in [-0.39, 0.29) is 18.5 Å². The van der Waals surface area contributed by atoms with Crippen molar-refractivity contribution in [3.05, 3.63) is 24.1 Å². The van der Waals surface area contributed by atoms with E-state index in [4.69, 9.17) is 9.84 Å². The molecule has 1 saturated heterocycles. The molecule has 4 nitrogen and oxygen atoms in total. The molecule has 1 aliphatic heterocycles. The summed E-state index contributed by atoms with van der Waals surface area (Å²) in [6.07, 6.45) is 1.18. The Morgan fingerprint density at radius 2 is 2.47 bits per heavy atom. The summed E-state index contributed by atoms with van der Waals surface area (Å²) >= 11 is 0. The molecule has 0 spiro atoms. The number of nitrogens with zero attached hydrogens (tertiary/aromatic N) is 2. The lowest BCUT2D eigenvalue weighted by atomic mass is 10.2. The van der Waals surface area contributed by atoms with Crippen LogP contribution in [0, 0.1) is 5.82 Å². The Bertz CT molecular complexity index is 318. The molecule has 82 valence electrons. The number of aliphatic hydroxyl groups excluding tert-OH is 1. The molecule has 1 N–H and O–H groups in total. The normalized spacial score (nSPS) is 21.7. The number of halogens is 1. The van der Waals surface area contributed by atoms with E-state index in [1.165, 1.54) is 12.3 Å². The van der Waals surface area contributed by atoms with E-state index in [1.54, 1.807) is 6.07 Å². The van der Waals surface area contributed by atoms with Gasteiger partial charge in [0.1, 0.15) is 11.6 Å². The molecule has 0 aromatic carbocycles. The lowest BCUT2D eigenvalue weighted by Crippen LogP contribution is -2.48. The molecule has 0 aliphatic carbocycles. The minimum absolute atomic E-state index is 0.0130. The highest BCUT2D eigenvalue weighted by atomic mass is 19.1. The third-order valence-corrected chi connectivity index (χ3v) is 2.44. The number of hydrogen-bond acceptors (Lipinski definition) is 4. The number of aromatic nitrogens is 1. The fraction of sp³-hybridized carbons (Fsp3) is 0.500. The van der Waals surface area contributed by atoms with Gasteiger partial charge in [0.15, 0.2) is 0 Å². The van der Waals surface area contributed by atoms with Crippen LogP contribution in [0.5, 0.6) is 0 Å². The van der Waals surface area contributed by atoms with Crippen molar-refractivity contribution in [2.24, 2.45) is 0 Å². The Balaban J connectivity index is 2.16. The molecule has 1 aromatic rings. The van der Waals surface area contributed by atoms with Crippen molar-refractivity contribution in [1.82, 2.24) is 4.98 Å². The van der Waals surface area contributed by atoms with Gasteiger partial charge in [0.2, 0.25) is 0 Å². The van der Waals surface area contributed by atoms with Gasteiger partial charge in [-0.05, 0) is 12.1 Å².